The SMILES string of the molecule is CCNC(=NCCCCCN1CCCCC1)NC1CCCn2nc(C)nc21.I. The Kier molecular flexibility index (Phi) is 10.5. The van der Waals surface area contributed by atoms with E-state index in [0.29, 0.717) is 0 Å². The van der Waals surface area contributed by atoms with Gasteiger partial charge in [0.15, 0.2) is 5.96 Å². The molecule has 0 amide bonds. The second-order valence-electron chi connectivity index (χ2n) is 7.80. The topological polar surface area (TPSA) is 70.4 Å². The molecule has 2 N–H and O–H groups in total. The van der Waals surface area contributed by atoms with Crippen LogP contribution in [0.15, 0.2) is 4.99 Å². The number of halogens is 1. The molecule has 0 saturated carbocycles. The van der Waals surface area contributed by atoms with Crippen LogP contribution in [0.1, 0.15) is 76.0 Å². The van der Waals surface area contributed by atoms with Gasteiger partial charge in [-0.3, -0.25) is 4.99 Å². The molecule has 1 aromatic heterocycles. The molecule has 0 radical (unpaired) electrons. The lowest BCUT2D eigenvalue weighted by molar-refractivity contribution is 0.224. The fourth-order valence-electron chi connectivity index (χ4n) is 4.09. The van der Waals surface area contributed by atoms with Gasteiger partial charge in [-0.25, -0.2) is 9.67 Å². The molecule has 1 unspecified atom stereocenters. The molecule has 160 valence electrons. The van der Waals surface area contributed by atoms with Gasteiger partial charge in [0.1, 0.15) is 11.6 Å². The molecular weight excluding hydrogens is 465 g/mol. The molecule has 0 aliphatic carbocycles. The Hall–Kier alpha value is -0.900. The number of nitrogens with one attached hydrogen (secondary N) is 2. The molecule has 2 aliphatic rings. The standard InChI is InChI=1S/C20H37N7.HI/c1-3-21-20(22-12-6-4-7-13-26-14-8-5-9-15-26)24-18-11-10-16-27-19(18)23-17(2)25-27;/h18H,3-16H2,1-2H3,(H2,21,22,24);1H. The van der Waals surface area contributed by atoms with Crippen LogP contribution in [-0.4, -0.2) is 58.3 Å². The highest BCUT2D eigenvalue weighted by atomic mass is 127. The molecule has 28 heavy (non-hydrogen) atoms. The van der Waals surface area contributed by atoms with Crippen molar-refractivity contribution in [1.82, 2.24) is 30.3 Å². The molecule has 3 rings (SSSR count). The third-order valence-corrected chi connectivity index (χ3v) is 5.49. The first-order valence-electron chi connectivity index (χ1n) is 10.9. The summed E-state index contributed by atoms with van der Waals surface area (Å²) in [6, 6.07) is 0.205. The van der Waals surface area contributed by atoms with Gasteiger partial charge in [0.25, 0.3) is 0 Å². The first-order valence-corrected chi connectivity index (χ1v) is 10.9. The second kappa shape index (κ2) is 12.6. The molecule has 2 aliphatic heterocycles. The van der Waals surface area contributed by atoms with Crippen LogP contribution >= 0.6 is 24.0 Å². The lowest BCUT2D eigenvalue weighted by Crippen LogP contribution is -2.41. The highest BCUT2D eigenvalue weighted by Gasteiger charge is 2.24. The Morgan fingerprint density at radius 1 is 1.11 bits per heavy atom. The maximum atomic E-state index is 4.79. The number of rotatable bonds is 8. The fraction of sp³-hybridized carbons (Fsp3) is 0.850. The smallest absolute Gasteiger partial charge is 0.191 e. The Labute approximate surface area is 187 Å². The van der Waals surface area contributed by atoms with Crippen molar-refractivity contribution in [3.05, 3.63) is 11.6 Å². The molecule has 7 nitrogen and oxygen atoms in total. The highest BCUT2D eigenvalue weighted by Crippen LogP contribution is 2.22. The van der Waals surface area contributed by atoms with Crippen molar-refractivity contribution < 1.29 is 0 Å². The van der Waals surface area contributed by atoms with E-state index < -0.39 is 0 Å². The summed E-state index contributed by atoms with van der Waals surface area (Å²) in [6.07, 6.45) is 10.1. The van der Waals surface area contributed by atoms with Gasteiger partial charge >= 0.3 is 0 Å². The van der Waals surface area contributed by atoms with Crippen molar-refractivity contribution in [2.75, 3.05) is 32.7 Å². The molecule has 1 fully saturated rings. The minimum atomic E-state index is 0. The summed E-state index contributed by atoms with van der Waals surface area (Å²) < 4.78 is 2.04. The van der Waals surface area contributed by atoms with Crippen LogP contribution in [0.2, 0.25) is 0 Å². The average molecular weight is 503 g/mol. The summed E-state index contributed by atoms with van der Waals surface area (Å²) in [5, 5.41) is 11.5. The van der Waals surface area contributed by atoms with Crippen LogP contribution in [0.5, 0.6) is 0 Å². The number of aryl methyl sites for hydroxylation is 2. The number of piperidine rings is 1. The largest absolute Gasteiger partial charge is 0.357 e. The molecule has 8 heteroatoms. The zero-order valence-electron chi connectivity index (χ0n) is 17.6. The van der Waals surface area contributed by atoms with E-state index in [9.17, 15) is 0 Å². The number of nitrogens with zero attached hydrogens (tertiary/aromatic N) is 5. The number of aromatic nitrogens is 3. The first kappa shape index (κ1) is 23.4. The van der Waals surface area contributed by atoms with E-state index in [2.05, 4.69) is 32.5 Å². The van der Waals surface area contributed by atoms with Crippen molar-refractivity contribution in [3.63, 3.8) is 0 Å². The molecule has 1 atom stereocenters. The molecular formula is C20H38IN7. The number of guanidine groups is 1. The zero-order chi connectivity index (χ0) is 18.9. The third-order valence-electron chi connectivity index (χ3n) is 5.49. The lowest BCUT2D eigenvalue weighted by atomic mass is 10.1. The Balaban J connectivity index is 0.00000280. The van der Waals surface area contributed by atoms with E-state index in [1.807, 2.05) is 11.6 Å². The normalized spacial score (nSPS) is 20.4. The fourth-order valence-corrected chi connectivity index (χ4v) is 4.09. The van der Waals surface area contributed by atoms with E-state index in [1.54, 1.807) is 0 Å². The summed E-state index contributed by atoms with van der Waals surface area (Å²) >= 11 is 0. The van der Waals surface area contributed by atoms with E-state index in [-0.39, 0.29) is 30.0 Å². The van der Waals surface area contributed by atoms with Crippen LogP contribution < -0.4 is 10.6 Å². The Morgan fingerprint density at radius 2 is 1.93 bits per heavy atom. The zero-order valence-corrected chi connectivity index (χ0v) is 20.0. The molecule has 1 saturated heterocycles. The Morgan fingerprint density at radius 3 is 2.71 bits per heavy atom. The van der Waals surface area contributed by atoms with Gasteiger partial charge < -0.3 is 15.5 Å². The van der Waals surface area contributed by atoms with Gasteiger partial charge in [-0.2, -0.15) is 5.10 Å². The van der Waals surface area contributed by atoms with Crippen LogP contribution in [0, 0.1) is 6.92 Å². The van der Waals surface area contributed by atoms with Gasteiger partial charge in [-0.05, 0) is 72.0 Å². The minimum absolute atomic E-state index is 0. The van der Waals surface area contributed by atoms with Gasteiger partial charge in [0, 0.05) is 19.6 Å². The summed E-state index contributed by atoms with van der Waals surface area (Å²) in [7, 11) is 0. The molecule has 0 spiro atoms. The van der Waals surface area contributed by atoms with Gasteiger partial charge in [-0.1, -0.05) is 12.8 Å². The van der Waals surface area contributed by atoms with Crippen molar-refractivity contribution >= 4 is 29.9 Å². The van der Waals surface area contributed by atoms with Gasteiger partial charge in [0.2, 0.25) is 0 Å². The van der Waals surface area contributed by atoms with Crippen LogP contribution in [0.3, 0.4) is 0 Å². The number of unbranched alkanes of at least 4 members (excludes halogenated alkanes) is 2. The van der Waals surface area contributed by atoms with Crippen molar-refractivity contribution in [1.29, 1.82) is 0 Å². The van der Waals surface area contributed by atoms with E-state index in [0.717, 1.165) is 56.5 Å². The summed E-state index contributed by atoms with van der Waals surface area (Å²) in [4.78, 5) is 12.0. The van der Waals surface area contributed by atoms with Crippen molar-refractivity contribution in [2.24, 2.45) is 4.99 Å². The predicted octanol–water partition coefficient (Wildman–Crippen LogP) is 3.25. The maximum absolute atomic E-state index is 4.79. The quantitative estimate of drug-likeness (QED) is 0.247. The van der Waals surface area contributed by atoms with E-state index in [4.69, 9.17) is 4.99 Å². The van der Waals surface area contributed by atoms with Crippen LogP contribution in [0.4, 0.5) is 0 Å². The van der Waals surface area contributed by atoms with Crippen LogP contribution in [-0.2, 0) is 6.54 Å². The monoisotopic (exact) mass is 503 g/mol. The number of fused-ring (bicyclic) bond motifs is 1. The predicted molar refractivity (Wildman–Crippen MR) is 125 cm³/mol. The lowest BCUT2D eigenvalue weighted by Gasteiger charge is -2.26. The van der Waals surface area contributed by atoms with E-state index >= 15 is 0 Å². The second-order valence-corrected chi connectivity index (χ2v) is 7.80. The Bertz CT molecular complexity index is 595. The number of likely N-dealkylation sites (tertiary alicyclic amines) is 1. The highest BCUT2D eigenvalue weighted by molar-refractivity contribution is 14.0. The van der Waals surface area contributed by atoms with Crippen molar-refractivity contribution in [3.8, 4) is 0 Å². The molecule has 0 bridgehead atoms. The number of hydrogen-bond donors (Lipinski definition) is 2. The van der Waals surface area contributed by atoms with Crippen LogP contribution in [0.25, 0.3) is 0 Å². The summed E-state index contributed by atoms with van der Waals surface area (Å²) in [6.45, 7) is 10.7. The average Bonchev–Trinajstić information content (AvgIpc) is 3.07. The maximum Gasteiger partial charge on any atom is 0.191 e. The minimum Gasteiger partial charge on any atom is -0.357 e. The summed E-state index contributed by atoms with van der Waals surface area (Å²) in [5.74, 6) is 2.81. The molecule has 3 heterocycles. The molecule has 0 aromatic carbocycles. The van der Waals surface area contributed by atoms with E-state index in [1.165, 1.54) is 51.7 Å². The van der Waals surface area contributed by atoms with Gasteiger partial charge in [0.05, 0.1) is 6.04 Å². The van der Waals surface area contributed by atoms with Gasteiger partial charge in [-0.15, -0.1) is 24.0 Å². The first-order chi connectivity index (χ1) is 13.3. The number of aliphatic imine (C=N–C) groups is 1. The molecule has 1 aromatic rings. The third kappa shape index (κ3) is 7.17. The number of hydrogen-bond acceptors (Lipinski definition) is 4. The summed E-state index contributed by atoms with van der Waals surface area (Å²) in [5.41, 5.74) is 0. The van der Waals surface area contributed by atoms with Crippen molar-refractivity contribution in [2.45, 2.75) is 77.8 Å².